The number of nitrogens with two attached hydrogens (primary N) is 1. The van der Waals surface area contributed by atoms with E-state index >= 15 is 0 Å². The third-order valence-corrected chi connectivity index (χ3v) is 7.10. The van der Waals surface area contributed by atoms with Crippen LogP contribution in [0.15, 0.2) is 48.5 Å². The van der Waals surface area contributed by atoms with Gasteiger partial charge in [-0.3, -0.25) is 4.79 Å². The summed E-state index contributed by atoms with van der Waals surface area (Å²) >= 11 is 1.56. The first-order valence-electron chi connectivity index (χ1n) is 9.45. The van der Waals surface area contributed by atoms with Gasteiger partial charge in [0.1, 0.15) is 5.75 Å². The standard InChI is InChI=1S/C22H22N2O2S/c23-13-14-5-6-17-16(11-14)22(7-9-24-10-8-22)21(26-17)20(25)19-12-15-3-1-2-4-18(15)27-19/h1-6,11-12,21,24H,7-10,13,23H2. The zero-order valence-electron chi connectivity index (χ0n) is 15.0. The predicted molar refractivity (Wildman–Crippen MR) is 109 cm³/mol. The Morgan fingerprint density at radius 2 is 2.00 bits per heavy atom. The van der Waals surface area contributed by atoms with Gasteiger partial charge in [0.15, 0.2) is 6.10 Å². The number of carbonyl (C=O) groups excluding carboxylic acids is 1. The molecule has 2 aliphatic heterocycles. The summed E-state index contributed by atoms with van der Waals surface area (Å²) in [7, 11) is 0. The van der Waals surface area contributed by atoms with Crippen molar-refractivity contribution in [2.24, 2.45) is 5.73 Å². The van der Waals surface area contributed by atoms with E-state index in [2.05, 4.69) is 23.5 Å². The van der Waals surface area contributed by atoms with Crippen LogP contribution in [-0.2, 0) is 12.0 Å². The summed E-state index contributed by atoms with van der Waals surface area (Å²) < 4.78 is 7.44. The van der Waals surface area contributed by atoms with E-state index in [1.165, 1.54) is 0 Å². The molecule has 0 radical (unpaired) electrons. The molecule has 0 aliphatic carbocycles. The highest BCUT2D eigenvalue weighted by Crippen LogP contribution is 2.50. The second kappa shape index (κ2) is 6.44. The van der Waals surface area contributed by atoms with Gasteiger partial charge in [0.05, 0.1) is 4.88 Å². The van der Waals surface area contributed by atoms with E-state index < -0.39 is 6.10 Å². The highest BCUT2D eigenvalue weighted by atomic mass is 32.1. The molecule has 3 aromatic rings. The molecule has 1 aromatic heterocycles. The lowest BCUT2D eigenvalue weighted by molar-refractivity contribution is 0.0652. The van der Waals surface area contributed by atoms with Gasteiger partial charge in [0.25, 0.3) is 0 Å². The fourth-order valence-corrected chi connectivity index (χ4v) is 5.54. The SMILES string of the molecule is NCc1ccc2c(c1)C1(CCNCC1)C(C(=O)c1cc3ccccc3s1)O2. The summed E-state index contributed by atoms with van der Waals surface area (Å²) in [6.07, 6.45) is 1.33. The van der Waals surface area contributed by atoms with E-state index in [0.717, 1.165) is 57.8 Å². The molecule has 4 nitrogen and oxygen atoms in total. The summed E-state index contributed by atoms with van der Waals surface area (Å²) in [5.41, 5.74) is 7.85. The molecule has 3 heterocycles. The number of Topliss-reactive ketones (excluding diaryl/α,β-unsaturated/α-hetero) is 1. The Morgan fingerprint density at radius 1 is 1.19 bits per heavy atom. The molecular formula is C22H22N2O2S. The van der Waals surface area contributed by atoms with E-state index in [9.17, 15) is 4.79 Å². The fourth-order valence-electron chi connectivity index (χ4n) is 4.52. The van der Waals surface area contributed by atoms with Crippen molar-refractivity contribution in [3.8, 4) is 5.75 Å². The number of rotatable bonds is 3. The first-order chi connectivity index (χ1) is 13.2. The van der Waals surface area contributed by atoms with Gasteiger partial charge in [-0.05, 0) is 55.1 Å². The van der Waals surface area contributed by atoms with Crippen LogP contribution in [0.1, 0.15) is 33.6 Å². The van der Waals surface area contributed by atoms with Gasteiger partial charge in [0.2, 0.25) is 5.78 Å². The van der Waals surface area contributed by atoms with Crippen LogP contribution in [0.25, 0.3) is 10.1 Å². The van der Waals surface area contributed by atoms with E-state index in [1.807, 2.05) is 30.3 Å². The summed E-state index contributed by atoms with van der Waals surface area (Å²) in [6.45, 7) is 2.29. The highest BCUT2D eigenvalue weighted by Gasteiger charge is 2.53. The van der Waals surface area contributed by atoms with Crippen molar-refractivity contribution in [3.63, 3.8) is 0 Å². The van der Waals surface area contributed by atoms with Crippen molar-refractivity contribution in [2.45, 2.75) is 30.9 Å². The van der Waals surface area contributed by atoms with E-state index in [1.54, 1.807) is 11.3 Å². The van der Waals surface area contributed by atoms with E-state index in [-0.39, 0.29) is 11.2 Å². The van der Waals surface area contributed by atoms with E-state index in [4.69, 9.17) is 10.5 Å². The van der Waals surface area contributed by atoms with E-state index in [0.29, 0.717) is 6.54 Å². The molecule has 2 aromatic carbocycles. The predicted octanol–water partition coefficient (Wildman–Crippen LogP) is 3.63. The summed E-state index contributed by atoms with van der Waals surface area (Å²) in [5.74, 6) is 0.942. The normalized spacial score (nSPS) is 20.6. The average Bonchev–Trinajstić information content (AvgIpc) is 3.28. The first kappa shape index (κ1) is 16.9. The molecule has 5 rings (SSSR count). The molecule has 3 N–H and O–H groups in total. The molecule has 0 bridgehead atoms. The van der Waals surface area contributed by atoms with Crippen molar-refractivity contribution in [3.05, 3.63) is 64.5 Å². The van der Waals surface area contributed by atoms with Gasteiger partial charge in [-0.1, -0.05) is 30.3 Å². The number of ether oxygens (including phenoxy) is 1. The maximum absolute atomic E-state index is 13.6. The summed E-state index contributed by atoms with van der Waals surface area (Å²) in [4.78, 5) is 14.3. The number of ketones is 1. The summed E-state index contributed by atoms with van der Waals surface area (Å²) in [5, 5.41) is 4.54. The molecule has 1 saturated heterocycles. The van der Waals surface area contributed by atoms with Crippen LogP contribution in [0.2, 0.25) is 0 Å². The van der Waals surface area contributed by atoms with Crippen LogP contribution in [-0.4, -0.2) is 25.0 Å². The second-order valence-electron chi connectivity index (χ2n) is 7.45. The van der Waals surface area contributed by atoms with Crippen LogP contribution in [0, 0.1) is 0 Å². The van der Waals surface area contributed by atoms with Gasteiger partial charge in [0, 0.05) is 22.2 Å². The topological polar surface area (TPSA) is 64.3 Å². The Morgan fingerprint density at radius 3 is 2.78 bits per heavy atom. The first-order valence-corrected chi connectivity index (χ1v) is 10.3. The molecule has 1 atom stereocenters. The quantitative estimate of drug-likeness (QED) is 0.683. The number of benzene rings is 2. The van der Waals surface area contributed by atoms with Gasteiger partial charge >= 0.3 is 0 Å². The third kappa shape index (κ3) is 2.61. The Bertz CT molecular complexity index is 987. The molecule has 1 spiro atoms. The van der Waals surface area contributed by atoms with Crippen molar-refractivity contribution in [2.75, 3.05) is 13.1 Å². The third-order valence-electron chi connectivity index (χ3n) is 5.97. The number of fused-ring (bicyclic) bond motifs is 3. The van der Waals surface area contributed by atoms with Crippen LogP contribution < -0.4 is 15.8 Å². The molecule has 27 heavy (non-hydrogen) atoms. The molecule has 1 unspecified atom stereocenters. The number of thiophene rings is 1. The molecular weight excluding hydrogens is 356 g/mol. The van der Waals surface area contributed by atoms with Gasteiger partial charge < -0.3 is 15.8 Å². The number of carbonyl (C=O) groups is 1. The fraction of sp³-hybridized carbons (Fsp3) is 0.318. The van der Waals surface area contributed by atoms with Gasteiger partial charge in [-0.15, -0.1) is 11.3 Å². The highest BCUT2D eigenvalue weighted by molar-refractivity contribution is 7.20. The zero-order chi connectivity index (χ0) is 18.4. The lowest BCUT2D eigenvalue weighted by atomic mass is 9.69. The van der Waals surface area contributed by atoms with Crippen LogP contribution in [0.5, 0.6) is 5.75 Å². The molecule has 0 saturated carbocycles. The Hall–Kier alpha value is -2.21. The maximum atomic E-state index is 13.6. The molecule has 1 fully saturated rings. The zero-order valence-corrected chi connectivity index (χ0v) is 15.9. The smallest absolute Gasteiger partial charge is 0.214 e. The molecule has 0 amide bonds. The molecule has 138 valence electrons. The van der Waals surface area contributed by atoms with Crippen molar-refractivity contribution < 1.29 is 9.53 Å². The maximum Gasteiger partial charge on any atom is 0.214 e. The lowest BCUT2D eigenvalue weighted by Crippen LogP contribution is -2.50. The van der Waals surface area contributed by atoms with Gasteiger partial charge in [-0.2, -0.15) is 0 Å². The average molecular weight is 378 g/mol. The van der Waals surface area contributed by atoms with Crippen molar-refractivity contribution in [1.82, 2.24) is 5.32 Å². The Kier molecular flexibility index (Phi) is 4.04. The lowest BCUT2D eigenvalue weighted by Gasteiger charge is -2.37. The summed E-state index contributed by atoms with van der Waals surface area (Å²) in [6, 6.07) is 16.3. The van der Waals surface area contributed by atoms with Gasteiger partial charge in [-0.25, -0.2) is 0 Å². The Balaban J connectivity index is 1.59. The van der Waals surface area contributed by atoms with Crippen molar-refractivity contribution in [1.29, 1.82) is 0 Å². The molecule has 2 aliphatic rings. The monoisotopic (exact) mass is 378 g/mol. The minimum Gasteiger partial charge on any atom is -0.481 e. The largest absolute Gasteiger partial charge is 0.481 e. The second-order valence-corrected chi connectivity index (χ2v) is 8.54. The van der Waals surface area contributed by atoms with Crippen LogP contribution >= 0.6 is 11.3 Å². The van der Waals surface area contributed by atoms with Crippen molar-refractivity contribution >= 4 is 27.2 Å². The number of hydrogen-bond acceptors (Lipinski definition) is 5. The minimum absolute atomic E-state index is 0.101. The molecule has 5 heteroatoms. The van der Waals surface area contributed by atoms with Crippen LogP contribution in [0.3, 0.4) is 0 Å². The number of nitrogens with one attached hydrogen (secondary N) is 1. The van der Waals surface area contributed by atoms with Crippen LogP contribution in [0.4, 0.5) is 0 Å². The Labute approximate surface area is 162 Å². The minimum atomic E-state index is -0.462. The number of hydrogen-bond donors (Lipinski definition) is 2. The number of piperidine rings is 1.